The number of benzene rings is 2. The largest absolute Gasteiger partial charge is 0.379 e. The lowest BCUT2D eigenvalue weighted by Gasteiger charge is -2.37. The van der Waals surface area contributed by atoms with E-state index in [4.69, 9.17) is 14.4 Å². The Hall–Kier alpha value is -2.22. The minimum absolute atomic E-state index is 0.352. The lowest BCUT2D eigenvalue weighted by Crippen LogP contribution is -2.57. The third-order valence-corrected chi connectivity index (χ3v) is 7.13. The molecule has 3 aliphatic rings. The standard InChI is InChI=1S/C25H28BrN3O3/c1-15-6-5-7-16(2)21(15)20-14-25(32-27-20)23(22-17(3)12-19(26)13-18(22)4)28-31-24(25)29-8-10-30-11-9-29/h5-7,12-13,24H,8-11,14H2,1-4H3/t24-,25-/m0/s1. The molecule has 0 N–H and O–H groups in total. The van der Waals surface area contributed by atoms with Crippen molar-refractivity contribution in [1.82, 2.24) is 4.90 Å². The van der Waals surface area contributed by atoms with Gasteiger partial charge in [0.25, 0.3) is 0 Å². The van der Waals surface area contributed by atoms with E-state index in [1.54, 1.807) is 0 Å². The Bertz CT molecular complexity index is 1080. The molecule has 32 heavy (non-hydrogen) atoms. The fourth-order valence-corrected chi connectivity index (χ4v) is 5.90. The van der Waals surface area contributed by atoms with Crippen LogP contribution in [0.5, 0.6) is 0 Å². The second-order valence-corrected chi connectivity index (χ2v) is 9.84. The lowest BCUT2D eigenvalue weighted by atomic mass is 9.81. The molecule has 1 fully saturated rings. The van der Waals surface area contributed by atoms with Gasteiger partial charge in [-0.3, -0.25) is 4.90 Å². The van der Waals surface area contributed by atoms with Gasteiger partial charge in [0.2, 0.25) is 11.8 Å². The number of aryl methyl sites for hydroxylation is 4. The molecule has 0 aliphatic carbocycles. The summed E-state index contributed by atoms with van der Waals surface area (Å²) in [6.07, 6.45) is 0.253. The van der Waals surface area contributed by atoms with Gasteiger partial charge in [0.15, 0.2) is 0 Å². The number of hydrogen-bond acceptors (Lipinski definition) is 6. The number of rotatable bonds is 3. The van der Waals surface area contributed by atoms with Crippen LogP contribution in [0.25, 0.3) is 0 Å². The molecular weight excluding hydrogens is 470 g/mol. The van der Waals surface area contributed by atoms with Gasteiger partial charge in [-0.1, -0.05) is 44.4 Å². The van der Waals surface area contributed by atoms with Crippen LogP contribution in [0.3, 0.4) is 0 Å². The SMILES string of the molecule is Cc1cccc(C)c1C1=NO[C@@]2(C1)C(c1c(C)cc(Br)cc1C)=NO[C@@H]2N1CCOCC1. The van der Waals surface area contributed by atoms with Crippen molar-refractivity contribution in [2.45, 2.75) is 45.9 Å². The van der Waals surface area contributed by atoms with Crippen molar-refractivity contribution in [2.24, 2.45) is 10.3 Å². The maximum absolute atomic E-state index is 6.39. The van der Waals surface area contributed by atoms with E-state index in [-0.39, 0.29) is 6.23 Å². The van der Waals surface area contributed by atoms with Crippen molar-refractivity contribution < 1.29 is 14.4 Å². The van der Waals surface area contributed by atoms with Crippen LogP contribution < -0.4 is 0 Å². The predicted molar refractivity (Wildman–Crippen MR) is 128 cm³/mol. The van der Waals surface area contributed by atoms with Crippen LogP contribution in [-0.4, -0.2) is 54.5 Å². The molecule has 1 spiro atoms. The summed E-state index contributed by atoms with van der Waals surface area (Å²) in [5.74, 6) is 0. The van der Waals surface area contributed by atoms with Gasteiger partial charge in [0, 0.05) is 35.1 Å². The van der Waals surface area contributed by atoms with Crippen molar-refractivity contribution >= 4 is 27.4 Å². The number of hydrogen-bond donors (Lipinski definition) is 0. The van der Waals surface area contributed by atoms with Gasteiger partial charge < -0.3 is 14.4 Å². The van der Waals surface area contributed by atoms with Crippen LogP contribution in [-0.2, 0) is 14.4 Å². The number of morpholine rings is 1. The van der Waals surface area contributed by atoms with Crippen LogP contribution in [0.4, 0.5) is 0 Å². The summed E-state index contributed by atoms with van der Waals surface area (Å²) in [7, 11) is 0. The molecule has 2 atom stereocenters. The summed E-state index contributed by atoms with van der Waals surface area (Å²) in [6, 6.07) is 10.6. The number of ether oxygens (including phenoxy) is 1. The fourth-order valence-electron chi connectivity index (χ4n) is 5.21. The van der Waals surface area contributed by atoms with E-state index < -0.39 is 5.60 Å². The summed E-state index contributed by atoms with van der Waals surface area (Å²) < 4.78 is 6.64. The minimum atomic E-state index is -0.801. The van der Waals surface area contributed by atoms with E-state index >= 15 is 0 Å². The monoisotopic (exact) mass is 497 g/mol. The Morgan fingerprint density at radius 1 is 0.938 bits per heavy atom. The maximum Gasteiger partial charge on any atom is 0.241 e. The first-order chi connectivity index (χ1) is 15.4. The first-order valence-corrected chi connectivity index (χ1v) is 11.8. The molecule has 0 unspecified atom stereocenters. The Balaban J connectivity index is 1.59. The third-order valence-electron chi connectivity index (χ3n) is 6.67. The first-order valence-electron chi connectivity index (χ1n) is 11.1. The summed E-state index contributed by atoms with van der Waals surface area (Å²) in [6.45, 7) is 11.3. The summed E-state index contributed by atoms with van der Waals surface area (Å²) in [5.41, 5.74) is 7.84. The van der Waals surface area contributed by atoms with Crippen LogP contribution in [0.2, 0.25) is 0 Å². The minimum Gasteiger partial charge on any atom is -0.379 e. The first kappa shape index (κ1) is 21.6. The third kappa shape index (κ3) is 3.47. The Kier molecular flexibility index (Phi) is 5.60. The van der Waals surface area contributed by atoms with E-state index in [0.717, 1.165) is 51.2 Å². The molecule has 2 aromatic rings. The smallest absolute Gasteiger partial charge is 0.241 e. The zero-order chi connectivity index (χ0) is 22.5. The predicted octanol–water partition coefficient (Wildman–Crippen LogP) is 4.64. The highest BCUT2D eigenvalue weighted by atomic mass is 79.9. The molecule has 0 radical (unpaired) electrons. The molecule has 6 nitrogen and oxygen atoms in total. The van der Waals surface area contributed by atoms with Crippen LogP contribution >= 0.6 is 15.9 Å². The van der Waals surface area contributed by atoms with Crippen molar-refractivity contribution in [1.29, 1.82) is 0 Å². The molecule has 1 saturated heterocycles. The van der Waals surface area contributed by atoms with Crippen LogP contribution in [0.1, 0.15) is 39.8 Å². The Morgan fingerprint density at radius 2 is 1.59 bits per heavy atom. The zero-order valence-corrected chi connectivity index (χ0v) is 20.5. The molecule has 3 heterocycles. The summed E-state index contributed by atoms with van der Waals surface area (Å²) in [5, 5.41) is 9.29. The fraction of sp³-hybridized carbons (Fsp3) is 0.440. The highest BCUT2D eigenvalue weighted by Gasteiger charge is 2.60. The highest BCUT2D eigenvalue weighted by molar-refractivity contribution is 9.10. The van der Waals surface area contributed by atoms with E-state index in [1.807, 2.05) is 0 Å². The van der Waals surface area contributed by atoms with Gasteiger partial charge in [-0.25, -0.2) is 0 Å². The van der Waals surface area contributed by atoms with Gasteiger partial charge in [-0.2, -0.15) is 0 Å². The van der Waals surface area contributed by atoms with Gasteiger partial charge in [-0.15, -0.1) is 0 Å². The molecule has 0 saturated carbocycles. The van der Waals surface area contributed by atoms with Crippen molar-refractivity contribution in [3.8, 4) is 0 Å². The second-order valence-electron chi connectivity index (χ2n) is 8.92. The molecule has 7 heteroatoms. The van der Waals surface area contributed by atoms with Crippen LogP contribution in [0, 0.1) is 27.7 Å². The summed E-state index contributed by atoms with van der Waals surface area (Å²) in [4.78, 5) is 14.8. The van der Waals surface area contributed by atoms with E-state index in [1.165, 1.54) is 11.1 Å². The number of halogens is 1. The topological polar surface area (TPSA) is 55.7 Å². The number of nitrogens with zero attached hydrogens (tertiary/aromatic N) is 3. The molecule has 0 aromatic heterocycles. The van der Waals surface area contributed by atoms with Crippen LogP contribution in [0.15, 0.2) is 45.1 Å². The molecule has 0 amide bonds. The lowest BCUT2D eigenvalue weighted by molar-refractivity contribution is -0.159. The normalized spacial score (nSPS) is 25.5. The van der Waals surface area contributed by atoms with E-state index in [9.17, 15) is 0 Å². The van der Waals surface area contributed by atoms with E-state index in [2.05, 4.69) is 89.2 Å². The molecule has 168 valence electrons. The Morgan fingerprint density at radius 3 is 2.25 bits per heavy atom. The maximum atomic E-state index is 6.39. The zero-order valence-electron chi connectivity index (χ0n) is 18.9. The average molecular weight is 498 g/mol. The van der Waals surface area contributed by atoms with Gasteiger partial charge in [0.1, 0.15) is 5.71 Å². The van der Waals surface area contributed by atoms with Crippen molar-refractivity contribution in [3.05, 3.63) is 68.2 Å². The average Bonchev–Trinajstić information content (AvgIpc) is 3.33. The molecule has 5 rings (SSSR count). The molecule has 2 aromatic carbocycles. The molecule has 3 aliphatic heterocycles. The van der Waals surface area contributed by atoms with Gasteiger partial charge in [0.05, 0.1) is 18.9 Å². The second kappa shape index (κ2) is 8.28. The Labute approximate surface area is 197 Å². The van der Waals surface area contributed by atoms with Gasteiger partial charge >= 0.3 is 0 Å². The van der Waals surface area contributed by atoms with Crippen molar-refractivity contribution in [3.63, 3.8) is 0 Å². The quantitative estimate of drug-likeness (QED) is 0.619. The molecular formula is C25H28BrN3O3. The number of oxime groups is 2. The van der Waals surface area contributed by atoms with E-state index in [0.29, 0.717) is 19.6 Å². The van der Waals surface area contributed by atoms with Gasteiger partial charge in [-0.05, 0) is 62.1 Å². The highest BCUT2D eigenvalue weighted by Crippen LogP contribution is 2.43. The summed E-state index contributed by atoms with van der Waals surface area (Å²) >= 11 is 3.61. The van der Waals surface area contributed by atoms with Crippen molar-refractivity contribution in [2.75, 3.05) is 26.3 Å². The molecule has 0 bridgehead atoms.